The summed E-state index contributed by atoms with van der Waals surface area (Å²) >= 11 is 0. The summed E-state index contributed by atoms with van der Waals surface area (Å²) in [4.78, 5) is 79.2. The van der Waals surface area contributed by atoms with E-state index in [1.807, 2.05) is 0 Å². The summed E-state index contributed by atoms with van der Waals surface area (Å²) in [5.74, 6) is 0.825. The molecule has 0 aromatic carbocycles. The number of alkyl carbamates (subject to hydrolysis) is 1. The van der Waals surface area contributed by atoms with Crippen molar-refractivity contribution >= 4 is 60.8 Å². The van der Waals surface area contributed by atoms with Crippen molar-refractivity contribution in [2.45, 2.75) is 190 Å². The molecule has 66 heavy (non-hydrogen) atoms. The SMILES string of the molecule is C=CC(=O)OCCOC(=O)NCC(C)(C)CC(C)CCCC(=O)CCCC[Si](C)(C)O[Si](C)(C)O[Si](C)(C)CCCCC(=O)CCCC(C)(C)CC(C)CNC(=O)Nc1nc(C)cc(=O)[nH]1. The lowest BCUT2D eigenvalue weighted by atomic mass is 9.79. The van der Waals surface area contributed by atoms with Crippen molar-refractivity contribution in [3.05, 3.63) is 34.8 Å². The monoisotopic (exact) mass is 980 g/mol. The Kier molecular flexibility index (Phi) is 27.0. The molecule has 15 nitrogen and oxygen atoms in total. The summed E-state index contributed by atoms with van der Waals surface area (Å²) in [5.41, 5.74) is 0.0931. The second-order valence-electron chi connectivity index (χ2n) is 21.7. The summed E-state index contributed by atoms with van der Waals surface area (Å²) in [5, 5.41) is 8.23. The summed E-state index contributed by atoms with van der Waals surface area (Å²) in [6, 6.07) is 2.93. The number of aryl methyl sites for hydroxylation is 1. The first-order chi connectivity index (χ1) is 30.5. The molecule has 1 aromatic heterocycles. The minimum absolute atomic E-state index is 0.0193. The fourth-order valence-corrected chi connectivity index (χ4v) is 23.1. The third-order valence-electron chi connectivity index (χ3n) is 11.4. The molecule has 378 valence electrons. The van der Waals surface area contributed by atoms with Gasteiger partial charge in [-0.25, -0.2) is 19.4 Å². The standard InChI is InChI=1S/C48H89N5O10Si3/c1-15-43(57)60-28-29-61-46(59)50-36-48(7,8)33-37(2)22-20-25-40(54)23-16-18-30-64(9,10)62-66(13,14)63-65(11,12)31-19-17-24-41(55)26-21-27-47(5,6)34-38(3)35-49-45(58)53-44-51-39(4)32-42(56)52-44/h15,32,37-38H,1,16-31,33-36H2,2-14H3,(H,50,59)(H3,49,51,52,53,56,58). The van der Waals surface area contributed by atoms with E-state index in [-0.39, 0.29) is 41.5 Å². The molecule has 2 atom stereocenters. The van der Waals surface area contributed by atoms with Gasteiger partial charge in [-0.15, -0.1) is 0 Å². The average Bonchev–Trinajstić information content (AvgIpc) is 3.16. The van der Waals surface area contributed by atoms with Crippen LogP contribution < -0.4 is 21.5 Å². The summed E-state index contributed by atoms with van der Waals surface area (Å²) in [7, 11) is -6.38. The number of rotatable bonds is 35. The molecular weight excluding hydrogens is 891 g/mol. The number of nitrogens with zero attached hydrogens (tertiary/aromatic N) is 1. The van der Waals surface area contributed by atoms with Gasteiger partial charge < -0.3 is 28.3 Å². The summed E-state index contributed by atoms with van der Waals surface area (Å²) in [6.45, 7) is 32.2. The molecule has 0 spiro atoms. The van der Waals surface area contributed by atoms with Crippen LogP contribution in [0.15, 0.2) is 23.5 Å². The van der Waals surface area contributed by atoms with Gasteiger partial charge in [0.05, 0.1) is 0 Å². The highest BCUT2D eigenvalue weighted by Crippen LogP contribution is 2.32. The zero-order chi connectivity index (χ0) is 50.2. The first kappa shape index (κ1) is 60.6. The van der Waals surface area contributed by atoms with E-state index in [1.54, 1.807) is 6.92 Å². The normalized spacial score (nSPS) is 13.3. The van der Waals surface area contributed by atoms with Gasteiger partial charge in [0.2, 0.25) is 5.95 Å². The van der Waals surface area contributed by atoms with Gasteiger partial charge in [-0.2, -0.15) is 0 Å². The largest absolute Gasteiger partial charge is 0.459 e. The number of H-pyrrole nitrogens is 1. The number of ether oxygens (including phenoxy) is 2. The van der Waals surface area contributed by atoms with E-state index in [0.717, 1.165) is 82.4 Å². The van der Waals surface area contributed by atoms with Crippen molar-refractivity contribution in [3.8, 4) is 0 Å². The van der Waals surface area contributed by atoms with Crippen LogP contribution in [0.25, 0.3) is 0 Å². The molecule has 1 heterocycles. The molecule has 0 bridgehead atoms. The Morgan fingerprint density at radius 3 is 1.85 bits per heavy atom. The van der Waals surface area contributed by atoms with Gasteiger partial charge in [-0.05, 0) is 126 Å². The lowest BCUT2D eigenvalue weighted by Gasteiger charge is -2.38. The molecule has 3 amide bonds. The van der Waals surface area contributed by atoms with E-state index in [2.05, 4.69) is 113 Å². The minimum Gasteiger partial charge on any atom is -0.459 e. The number of ketones is 2. The van der Waals surface area contributed by atoms with E-state index in [4.69, 9.17) is 17.7 Å². The van der Waals surface area contributed by atoms with E-state index >= 15 is 0 Å². The van der Waals surface area contributed by atoms with Crippen molar-refractivity contribution < 1.29 is 41.7 Å². The lowest BCUT2D eigenvalue weighted by molar-refractivity contribution is -0.138. The number of aromatic amines is 1. The van der Waals surface area contributed by atoms with Crippen molar-refractivity contribution in [2.24, 2.45) is 22.7 Å². The van der Waals surface area contributed by atoms with E-state index in [0.29, 0.717) is 62.0 Å². The maximum Gasteiger partial charge on any atom is 0.407 e. The number of aromatic nitrogens is 2. The molecule has 0 saturated heterocycles. The Balaban J connectivity index is 2.27. The molecule has 4 N–H and O–H groups in total. The number of anilines is 1. The van der Waals surface area contributed by atoms with Crippen LogP contribution in [0.2, 0.25) is 51.4 Å². The highest BCUT2D eigenvalue weighted by atomic mass is 28.5. The van der Waals surface area contributed by atoms with Gasteiger partial charge in [-0.1, -0.05) is 67.4 Å². The molecule has 1 aromatic rings. The van der Waals surface area contributed by atoms with Gasteiger partial charge in [-0.3, -0.25) is 24.7 Å². The van der Waals surface area contributed by atoms with Gasteiger partial charge in [0, 0.05) is 56.6 Å². The number of carbonyl (C=O) groups excluding carboxylic acids is 5. The van der Waals surface area contributed by atoms with Crippen molar-refractivity contribution in [2.75, 3.05) is 31.6 Å². The van der Waals surface area contributed by atoms with Gasteiger partial charge in [0.1, 0.15) is 24.8 Å². The zero-order valence-electron chi connectivity index (χ0n) is 43.2. The van der Waals surface area contributed by atoms with Crippen LogP contribution in [0.4, 0.5) is 15.5 Å². The Labute approximate surface area is 400 Å². The van der Waals surface area contributed by atoms with Crippen molar-refractivity contribution in [1.29, 1.82) is 0 Å². The molecular formula is C48H89N5O10Si3. The third kappa shape index (κ3) is 30.8. The van der Waals surface area contributed by atoms with E-state index in [1.165, 1.54) is 6.07 Å². The summed E-state index contributed by atoms with van der Waals surface area (Å²) < 4.78 is 23.5. The maximum absolute atomic E-state index is 12.8. The predicted molar refractivity (Wildman–Crippen MR) is 272 cm³/mol. The fraction of sp³-hybridized carbons (Fsp3) is 0.771. The quantitative estimate of drug-likeness (QED) is 0.0218. The Morgan fingerprint density at radius 1 is 0.758 bits per heavy atom. The first-order valence-electron chi connectivity index (χ1n) is 24.3. The fourth-order valence-electron chi connectivity index (χ4n) is 8.85. The second kappa shape index (κ2) is 29.4. The molecule has 0 aliphatic heterocycles. The first-order valence-corrected chi connectivity index (χ1v) is 33.3. The second-order valence-corrected chi connectivity index (χ2v) is 34.2. The smallest absolute Gasteiger partial charge is 0.407 e. The highest BCUT2D eigenvalue weighted by molar-refractivity contribution is 6.87. The molecule has 18 heteroatoms. The van der Waals surface area contributed by atoms with Crippen LogP contribution in [0.5, 0.6) is 0 Å². The molecule has 0 aliphatic carbocycles. The molecule has 0 fully saturated rings. The van der Waals surface area contributed by atoms with Crippen molar-refractivity contribution in [1.82, 2.24) is 20.6 Å². The van der Waals surface area contributed by atoms with Crippen LogP contribution in [0.1, 0.15) is 137 Å². The van der Waals surface area contributed by atoms with Crippen molar-refractivity contribution in [3.63, 3.8) is 0 Å². The maximum atomic E-state index is 12.8. The van der Waals surface area contributed by atoms with Crippen LogP contribution in [0, 0.1) is 29.6 Å². The summed E-state index contributed by atoms with van der Waals surface area (Å²) in [6.07, 6.45) is 12.0. The van der Waals surface area contributed by atoms with Gasteiger partial charge >= 0.3 is 26.7 Å². The minimum atomic E-state index is -2.38. The number of Topliss-reactive ketones (excluding diaryl/α,β-unsaturated/α-hetero) is 2. The zero-order valence-corrected chi connectivity index (χ0v) is 46.2. The number of urea groups is 1. The van der Waals surface area contributed by atoms with Gasteiger partial charge in [0.25, 0.3) is 5.56 Å². The Bertz CT molecular complexity index is 1750. The Morgan fingerprint density at radius 2 is 1.29 bits per heavy atom. The Hall–Kier alpha value is -3.46. The number of hydrogen-bond acceptors (Lipinski definition) is 11. The third-order valence-corrected chi connectivity index (χ3v) is 22.9. The van der Waals surface area contributed by atoms with Crippen LogP contribution >= 0.6 is 0 Å². The average molecular weight is 981 g/mol. The molecule has 1 rings (SSSR count). The highest BCUT2D eigenvalue weighted by Gasteiger charge is 2.39. The van der Waals surface area contributed by atoms with E-state index < -0.39 is 43.3 Å². The number of amides is 3. The number of carbonyl (C=O) groups is 5. The molecule has 0 saturated carbocycles. The van der Waals surface area contributed by atoms with Crippen LogP contribution in [-0.4, -0.2) is 91.1 Å². The molecule has 0 radical (unpaired) electrons. The topological polar surface area (TPSA) is 204 Å². The van der Waals surface area contributed by atoms with E-state index in [9.17, 15) is 28.8 Å². The number of esters is 1. The van der Waals surface area contributed by atoms with Crippen LogP contribution in [0.3, 0.4) is 0 Å². The lowest BCUT2D eigenvalue weighted by Crippen LogP contribution is -2.52. The molecule has 0 aliphatic rings. The predicted octanol–water partition coefficient (Wildman–Crippen LogP) is 10.7. The number of unbranched alkanes of at least 4 members (excludes halogenated alkanes) is 2. The van der Waals surface area contributed by atoms with Gasteiger partial charge in [0.15, 0.2) is 16.6 Å². The number of hydrogen-bond donors (Lipinski definition) is 4. The molecule has 2 unspecified atom stereocenters. The van der Waals surface area contributed by atoms with Crippen LogP contribution in [-0.2, 0) is 32.1 Å². The number of nitrogens with one attached hydrogen (secondary N) is 4.